The van der Waals surface area contributed by atoms with Gasteiger partial charge in [0, 0.05) is 18.2 Å². The molecule has 14 heavy (non-hydrogen) atoms. The lowest BCUT2D eigenvalue weighted by atomic mass is 9.97. The summed E-state index contributed by atoms with van der Waals surface area (Å²) in [6.07, 6.45) is 6.69. The second kappa shape index (κ2) is 4.19. The fraction of sp³-hybridized carbons (Fsp3) is 1.00. The standard InChI is InChI=1S/C12H23NO/c1-3-4-11(10-5-6-10)13-12(2)7-8-14-9-12/h10-11,13H,3-9H2,1-2H3. The molecule has 1 aliphatic heterocycles. The molecule has 0 amide bonds. The molecular formula is C12H23NO. The van der Waals surface area contributed by atoms with Crippen molar-refractivity contribution in [2.45, 2.75) is 57.5 Å². The van der Waals surface area contributed by atoms with Crippen molar-refractivity contribution in [2.24, 2.45) is 5.92 Å². The van der Waals surface area contributed by atoms with Gasteiger partial charge < -0.3 is 10.1 Å². The molecule has 2 aliphatic rings. The van der Waals surface area contributed by atoms with Gasteiger partial charge in [0.2, 0.25) is 0 Å². The quantitative estimate of drug-likeness (QED) is 0.730. The van der Waals surface area contributed by atoms with Gasteiger partial charge in [-0.25, -0.2) is 0 Å². The van der Waals surface area contributed by atoms with Gasteiger partial charge >= 0.3 is 0 Å². The second-order valence-corrected chi connectivity index (χ2v) is 5.24. The van der Waals surface area contributed by atoms with Crippen molar-refractivity contribution in [3.8, 4) is 0 Å². The third kappa shape index (κ3) is 2.48. The van der Waals surface area contributed by atoms with Crippen molar-refractivity contribution in [3.63, 3.8) is 0 Å². The number of rotatable bonds is 5. The molecule has 2 rings (SSSR count). The van der Waals surface area contributed by atoms with Crippen molar-refractivity contribution in [3.05, 3.63) is 0 Å². The van der Waals surface area contributed by atoms with E-state index in [-0.39, 0.29) is 5.54 Å². The summed E-state index contributed by atoms with van der Waals surface area (Å²) in [5.74, 6) is 0.965. The van der Waals surface area contributed by atoms with E-state index in [0.29, 0.717) is 0 Å². The van der Waals surface area contributed by atoms with Crippen molar-refractivity contribution < 1.29 is 4.74 Å². The summed E-state index contributed by atoms with van der Waals surface area (Å²) in [5.41, 5.74) is 0.266. The van der Waals surface area contributed by atoms with E-state index in [1.165, 1.54) is 32.1 Å². The third-order valence-corrected chi connectivity index (χ3v) is 3.54. The van der Waals surface area contributed by atoms with E-state index in [9.17, 15) is 0 Å². The summed E-state index contributed by atoms with van der Waals surface area (Å²) in [6, 6.07) is 0.756. The Morgan fingerprint density at radius 1 is 1.50 bits per heavy atom. The van der Waals surface area contributed by atoms with Gasteiger partial charge in [-0.15, -0.1) is 0 Å². The minimum atomic E-state index is 0.266. The highest BCUT2D eigenvalue weighted by molar-refractivity contribution is 4.95. The molecule has 1 saturated heterocycles. The average Bonchev–Trinajstić information content (AvgIpc) is 2.91. The molecule has 2 unspecified atom stereocenters. The molecule has 0 aromatic rings. The van der Waals surface area contributed by atoms with Crippen LogP contribution < -0.4 is 5.32 Å². The van der Waals surface area contributed by atoms with Gasteiger partial charge in [0.25, 0.3) is 0 Å². The van der Waals surface area contributed by atoms with E-state index in [2.05, 4.69) is 19.2 Å². The Balaban J connectivity index is 1.85. The first-order chi connectivity index (χ1) is 6.73. The van der Waals surface area contributed by atoms with Gasteiger partial charge in [0.15, 0.2) is 0 Å². The van der Waals surface area contributed by atoms with Gasteiger partial charge in [0.05, 0.1) is 6.61 Å². The first kappa shape index (κ1) is 10.4. The normalized spacial score (nSPS) is 34.7. The van der Waals surface area contributed by atoms with Crippen LogP contribution in [0.1, 0.15) is 46.0 Å². The Labute approximate surface area is 87.4 Å². The Hall–Kier alpha value is -0.0800. The predicted molar refractivity (Wildman–Crippen MR) is 58.4 cm³/mol. The molecule has 1 heterocycles. The van der Waals surface area contributed by atoms with Crippen molar-refractivity contribution in [2.75, 3.05) is 13.2 Å². The zero-order valence-corrected chi connectivity index (χ0v) is 9.51. The molecule has 2 fully saturated rings. The van der Waals surface area contributed by atoms with Crippen LogP contribution >= 0.6 is 0 Å². The Morgan fingerprint density at radius 3 is 2.79 bits per heavy atom. The fourth-order valence-corrected chi connectivity index (χ4v) is 2.46. The molecule has 1 saturated carbocycles. The topological polar surface area (TPSA) is 21.3 Å². The first-order valence-electron chi connectivity index (χ1n) is 6.09. The molecule has 0 radical (unpaired) electrons. The van der Waals surface area contributed by atoms with Crippen LogP contribution in [0.3, 0.4) is 0 Å². The van der Waals surface area contributed by atoms with E-state index >= 15 is 0 Å². The molecule has 2 heteroatoms. The lowest BCUT2D eigenvalue weighted by molar-refractivity contribution is 0.163. The predicted octanol–water partition coefficient (Wildman–Crippen LogP) is 2.33. The highest BCUT2D eigenvalue weighted by Gasteiger charge is 2.37. The van der Waals surface area contributed by atoms with E-state index in [1.807, 2.05) is 0 Å². The number of ether oxygens (including phenoxy) is 1. The lowest BCUT2D eigenvalue weighted by Crippen LogP contribution is -2.49. The lowest BCUT2D eigenvalue weighted by Gasteiger charge is -2.30. The summed E-state index contributed by atoms with van der Waals surface area (Å²) in [5, 5.41) is 3.83. The monoisotopic (exact) mass is 197 g/mol. The average molecular weight is 197 g/mol. The molecule has 1 N–H and O–H groups in total. The molecule has 0 bridgehead atoms. The van der Waals surface area contributed by atoms with Crippen LogP contribution in [0.15, 0.2) is 0 Å². The molecular weight excluding hydrogens is 174 g/mol. The van der Waals surface area contributed by atoms with Gasteiger partial charge in [-0.2, -0.15) is 0 Å². The minimum Gasteiger partial charge on any atom is -0.379 e. The van der Waals surface area contributed by atoms with E-state index in [4.69, 9.17) is 4.74 Å². The molecule has 1 aliphatic carbocycles. The molecule has 2 nitrogen and oxygen atoms in total. The van der Waals surface area contributed by atoms with Crippen LogP contribution in [-0.4, -0.2) is 24.8 Å². The summed E-state index contributed by atoms with van der Waals surface area (Å²) < 4.78 is 5.48. The van der Waals surface area contributed by atoms with Gasteiger partial charge in [-0.3, -0.25) is 0 Å². The second-order valence-electron chi connectivity index (χ2n) is 5.24. The molecule has 2 atom stereocenters. The van der Waals surface area contributed by atoms with Gasteiger partial charge in [-0.1, -0.05) is 13.3 Å². The Bertz CT molecular complexity index is 183. The van der Waals surface area contributed by atoms with Crippen LogP contribution in [0.25, 0.3) is 0 Å². The van der Waals surface area contributed by atoms with Crippen molar-refractivity contribution in [1.82, 2.24) is 5.32 Å². The van der Waals surface area contributed by atoms with Gasteiger partial charge in [-0.05, 0) is 38.5 Å². The summed E-state index contributed by atoms with van der Waals surface area (Å²) in [6.45, 7) is 6.43. The number of hydrogen-bond acceptors (Lipinski definition) is 2. The first-order valence-corrected chi connectivity index (χ1v) is 6.09. The molecule has 0 spiro atoms. The van der Waals surface area contributed by atoms with Crippen LogP contribution in [0.4, 0.5) is 0 Å². The van der Waals surface area contributed by atoms with Crippen molar-refractivity contribution in [1.29, 1.82) is 0 Å². The summed E-state index contributed by atoms with van der Waals surface area (Å²) in [7, 11) is 0. The zero-order chi connectivity index (χ0) is 10.0. The smallest absolute Gasteiger partial charge is 0.0646 e. The fourth-order valence-electron chi connectivity index (χ4n) is 2.46. The van der Waals surface area contributed by atoms with E-state index in [0.717, 1.165) is 25.2 Å². The van der Waals surface area contributed by atoms with Crippen molar-refractivity contribution >= 4 is 0 Å². The number of nitrogens with one attached hydrogen (secondary N) is 1. The van der Waals surface area contributed by atoms with Crippen LogP contribution in [0.5, 0.6) is 0 Å². The van der Waals surface area contributed by atoms with Crippen LogP contribution in [-0.2, 0) is 4.74 Å². The Morgan fingerprint density at radius 2 is 2.29 bits per heavy atom. The highest BCUT2D eigenvalue weighted by Crippen LogP contribution is 2.36. The largest absolute Gasteiger partial charge is 0.379 e. The molecule has 0 aromatic carbocycles. The van der Waals surface area contributed by atoms with Crippen LogP contribution in [0, 0.1) is 5.92 Å². The Kier molecular flexibility index (Phi) is 3.13. The highest BCUT2D eigenvalue weighted by atomic mass is 16.5. The van der Waals surface area contributed by atoms with E-state index in [1.54, 1.807) is 0 Å². The van der Waals surface area contributed by atoms with Gasteiger partial charge in [0.1, 0.15) is 0 Å². The number of hydrogen-bond donors (Lipinski definition) is 1. The maximum Gasteiger partial charge on any atom is 0.0646 e. The third-order valence-electron chi connectivity index (χ3n) is 3.54. The minimum absolute atomic E-state index is 0.266. The maximum absolute atomic E-state index is 5.48. The summed E-state index contributed by atoms with van der Waals surface area (Å²) in [4.78, 5) is 0. The zero-order valence-electron chi connectivity index (χ0n) is 9.51. The summed E-state index contributed by atoms with van der Waals surface area (Å²) >= 11 is 0. The molecule has 0 aromatic heterocycles. The SMILES string of the molecule is CCCC(NC1(C)CCOC1)C1CC1. The van der Waals surface area contributed by atoms with E-state index < -0.39 is 0 Å². The maximum atomic E-state index is 5.48. The molecule has 82 valence electrons. The van der Waals surface area contributed by atoms with Crippen LogP contribution in [0.2, 0.25) is 0 Å².